The summed E-state index contributed by atoms with van der Waals surface area (Å²) in [6.07, 6.45) is -0.482. The van der Waals surface area contributed by atoms with Crippen molar-refractivity contribution >= 4 is 39.5 Å². The van der Waals surface area contributed by atoms with Gasteiger partial charge in [-0.1, -0.05) is 18.1 Å². The Balaban J connectivity index is 1.16. The lowest BCUT2D eigenvalue weighted by atomic mass is 9.90. The molecule has 3 aliphatic heterocycles. The van der Waals surface area contributed by atoms with Gasteiger partial charge >= 0.3 is 5.97 Å². The number of furan rings is 1. The molecule has 3 saturated heterocycles. The lowest BCUT2D eigenvalue weighted by molar-refractivity contribution is -0.228. The molecule has 15 heteroatoms. The van der Waals surface area contributed by atoms with E-state index in [-0.39, 0.29) is 41.8 Å². The number of nitrogens with zero attached hydrogens (tertiary/aromatic N) is 6. The van der Waals surface area contributed by atoms with Gasteiger partial charge in [0.05, 0.1) is 39.5 Å². The van der Waals surface area contributed by atoms with Gasteiger partial charge in [-0.25, -0.2) is 33.5 Å². The summed E-state index contributed by atoms with van der Waals surface area (Å²) in [6, 6.07) is 11.0. The van der Waals surface area contributed by atoms with Gasteiger partial charge in [0.2, 0.25) is 5.88 Å². The highest BCUT2D eigenvalue weighted by atomic mass is 19.3. The summed E-state index contributed by atoms with van der Waals surface area (Å²) in [5, 5.41) is 10.9. The molecule has 13 nitrogen and oxygen atoms in total. The molecule has 0 unspecified atom stereocenters. The third-order valence-electron chi connectivity index (χ3n) is 9.61. The first kappa shape index (κ1) is 32.6. The summed E-state index contributed by atoms with van der Waals surface area (Å²) in [4.78, 5) is 33.4. The van der Waals surface area contributed by atoms with Gasteiger partial charge in [0, 0.05) is 36.3 Å². The van der Waals surface area contributed by atoms with Crippen LogP contribution >= 0.6 is 0 Å². The number of fused-ring (bicyclic) bond motifs is 3. The smallest absolute Gasteiger partial charge is 0.326 e. The van der Waals surface area contributed by atoms with Crippen molar-refractivity contribution in [2.75, 3.05) is 49.8 Å². The fraction of sp³-hybridized carbons (Fsp3) is 0.361. The Labute approximate surface area is 290 Å². The predicted molar refractivity (Wildman–Crippen MR) is 179 cm³/mol. The second-order valence-electron chi connectivity index (χ2n) is 12.6. The molecule has 1 N–H and O–H groups in total. The molecule has 0 amide bonds. The molecule has 8 rings (SSSR count). The van der Waals surface area contributed by atoms with Crippen LogP contribution in [0.5, 0.6) is 11.6 Å². The van der Waals surface area contributed by atoms with Crippen LogP contribution in [0.1, 0.15) is 36.9 Å². The maximum Gasteiger partial charge on any atom is 0.326 e. The van der Waals surface area contributed by atoms with E-state index < -0.39 is 36.0 Å². The van der Waals surface area contributed by atoms with Crippen molar-refractivity contribution in [3.63, 3.8) is 0 Å². The summed E-state index contributed by atoms with van der Waals surface area (Å²) in [6.45, 7) is 3.92. The number of halogens is 2. The van der Waals surface area contributed by atoms with Crippen molar-refractivity contribution in [1.82, 2.24) is 19.9 Å². The number of benzene rings is 1. The first-order valence-corrected chi connectivity index (χ1v) is 16.4. The number of carboxylic acids is 1. The Morgan fingerprint density at radius 2 is 1.96 bits per heavy atom. The molecule has 3 aliphatic rings. The molecule has 1 aromatic carbocycles. The van der Waals surface area contributed by atoms with Gasteiger partial charge in [-0.2, -0.15) is 0 Å². The Kier molecular flexibility index (Phi) is 8.27. The number of carboxylic acid groups (broad SMARTS) is 1. The molecule has 51 heavy (non-hydrogen) atoms. The summed E-state index contributed by atoms with van der Waals surface area (Å²) < 4.78 is 57.8. The van der Waals surface area contributed by atoms with Gasteiger partial charge in [-0.3, -0.25) is 0 Å². The van der Waals surface area contributed by atoms with E-state index in [1.165, 1.54) is 4.90 Å². The van der Waals surface area contributed by atoms with E-state index in [1.807, 2.05) is 6.07 Å². The molecule has 1 spiro atoms. The van der Waals surface area contributed by atoms with Crippen LogP contribution < -0.4 is 19.3 Å². The zero-order valence-electron chi connectivity index (χ0n) is 27.6. The lowest BCUT2D eigenvalue weighted by Gasteiger charge is -2.53. The minimum Gasteiger partial charge on any atom is -0.494 e. The Bertz CT molecular complexity index is 2200. The number of pyridine rings is 2. The van der Waals surface area contributed by atoms with Gasteiger partial charge in [-0.15, -0.1) is 0 Å². The van der Waals surface area contributed by atoms with Crippen LogP contribution in [0.4, 0.5) is 20.3 Å². The second kappa shape index (κ2) is 12.9. The highest BCUT2D eigenvalue weighted by Crippen LogP contribution is 2.41. The first-order chi connectivity index (χ1) is 24.7. The van der Waals surface area contributed by atoms with Crippen LogP contribution in [0.3, 0.4) is 0 Å². The Morgan fingerprint density at radius 3 is 2.73 bits per heavy atom. The maximum atomic E-state index is 14.1. The number of alkyl halides is 2. The van der Waals surface area contributed by atoms with Crippen molar-refractivity contribution in [2.45, 2.75) is 43.6 Å². The number of hydrogen-bond donors (Lipinski definition) is 1. The predicted octanol–water partition coefficient (Wildman–Crippen LogP) is 4.62. The number of morpholine rings is 1. The monoisotopic (exact) mass is 698 g/mol. The van der Waals surface area contributed by atoms with E-state index in [0.717, 1.165) is 0 Å². The van der Waals surface area contributed by atoms with E-state index in [9.17, 15) is 18.7 Å². The molecule has 0 saturated carbocycles. The molecular weight excluding hydrogens is 666 g/mol. The van der Waals surface area contributed by atoms with Crippen LogP contribution in [0.25, 0.3) is 22.1 Å². The van der Waals surface area contributed by atoms with Crippen molar-refractivity contribution in [1.29, 1.82) is 0 Å². The number of carbonyl (C=O) groups is 1. The van der Waals surface area contributed by atoms with Crippen LogP contribution in [0.2, 0.25) is 0 Å². The molecule has 5 aromatic rings. The SMILES string of the molecule is COc1cccnc1C#Cc1cnc(O[C@H]2C[C@@H](C(=O)O)N(c3nc(C(F)F)nc4c3oc3ccccc34)C2)c(N2CCOC3(COC3)[C@@H]2C)c1. The van der Waals surface area contributed by atoms with Crippen molar-refractivity contribution in [2.24, 2.45) is 0 Å². The molecular formula is C36H32F2N6O7. The Morgan fingerprint density at radius 1 is 1.12 bits per heavy atom. The summed E-state index contributed by atoms with van der Waals surface area (Å²) in [7, 11) is 1.55. The maximum absolute atomic E-state index is 14.1. The average molecular weight is 699 g/mol. The normalized spacial score (nSPS) is 21.2. The van der Waals surface area contributed by atoms with Gasteiger partial charge in [0.15, 0.2) is 28.7 Å². The number of anilines is 2. The average Bonchev–Trinajstić information content (AvgIpc) is 3.72. The zero-order valence-corrected chi connectivity index (χ0v) is 27.6. The molecule has 0 radical (unpaired) electrons. The minimum absolute atomic E-state index is 0.00138. The molecule has 7 heterocycles. The highest BCUT2D eigenvalue weighted by Gasteiger charge is 2.50. The molecule has 262 valence electrons. The third-order valence-corrected chi connectivity index (χ3v) is 9.61. The van der Waals surface area contributed by atoms with E-state index in [1.54, 1.807) is 55.9 Å². The lowest BCUT2D eigenvalue weighted by Crippen LogP contribution is -2.68. The summed E-state index contributed by atoms with van der Waals surface area (Å²) >= 11 is 0. The quantitative estimate of drug-likeness (QED) is 0.236. The summed E-state index contributed by atoms with van der Waals surface area (Å²) in [5.41, 5.74) is 1.92. The van der Waals surface area contributed by atoms with Crippen LogP contribution in [-0.4, -0.2) is 94.8 Å². The molecule has 4 aromatic heterocycles. The summed E-state index contributed by atoms with van der Waals surface area (Å²) in [5.74, 6) is 5.05. The fourth-order valence-corrected chi connectivity index (χ4v) is 6.88. The standard InChI is InChI=1S/C36H32F2N6O7/c1-20-36(18-48-19-36)49-13-12-43(20)25-14-21(9-10-24-28(47-2)8-5-11-39-24)16-40-34(25)50-22-15-26(35(45)46)44(17-22)33-30-29(41-32(42-33)31(37)38)23-6-3-4-7-27(23)51-30/h3-8,11,14,16,20,22,26,31H,12-13,15,17-19H2,1-2H3,(H,45,46)/t20-,22-,26-/m0/s1. The number of para-hydroxylation sites is 1. The molecule has 3 fully saturated rings. The van der Waals surface area contributed by atoms with Crippen LogP contribution in [-0.2, 0) is 14.3 Å². The van der Waals surface area contributed by atoms with Gasteiger partial charge < -0.3 is 38.3 Å². The van der Waals surface area contributed by atoms with E-state index in [0.29, 0.717) is 60.0 Å². The topological polar surface area (TPSA) is 145 Å². The zero-order chi connectivity index (χ0) is 35.3. The number of aromatic nitrogens is 4. The van der Waals surface area contributed by atoms with Crippen molar-refractivity contribution in [3.8, 4) is 23.5 Å². The van der Waals surface area contributed by atoms with E-state index in [4.69, 9.17) is 23.4 Å². The molecule has 0 aliphatic carbocycles. The first-order valence-electron chi connectivity index (χ1n) is 16.4. The number of ether oxygens (including phenoxy) is 4. The van der Waals surface area contributed by atoms with Gasteiger partial charge in [0.1, 0.15) is 34.5 Å². The Hall–Kier alpha value is -5.59. The van der Waals surface area contributed by atoms with E-state index in [2.05, 4.69) is 43.6 Å². The minimum atomic E-state index is -2.99. The van der Waals surface area contributed by atoms with Gasteiger partial charge in [0.25, 0.3) is 6.43 Å². The number of rotatable bonds is 7. The van der Waals surface area contributed by atoms with Crippen molar-refractivity contribution < 1.29 is 42.0 Å². The fourth-order valence-electron chi connectivity index (χ4n) is 6.88. The largest absolute Gasteiger partial charge is 0.494 e. The van der Waals surface area contributed by atoms with E-state index >= 15 is 0 Å². The molecule has 0 bridgehead atoms. The van der Waals surface area contributed by atoms with Crippen LogP contribution in [0.15, 0.2) is 59.3 Å². The number of hydrogen-bond acceptors (Lipinski definition) is 12. The second-order valence-corrected chi connectivity index (χ2v) is 12.6. The van der Waals surface area contributed by atoms with Gasteiger partial charge in [-0.05, 0) is 43.2 Å². The highest BCUT2D eigenvalue weighted by molar-refractivity contribution is 6.06. The van der Waals surface area contributed by atoms with Crippen LogP contribution in [0, 0.1) is 11.8 Å². The number of methoxy groups -OCH3 is 1. The van der Waals surface area contributed by atoms with Crippen molar-refractivity contribution in [3.05, 3.63) is 71.9 Å². The third kappa shape index (κ3) is 5.79. The molecule has 3 atom stereocenters. The number of aliphatic carboxylic acids is 1.